The smallest absolute Gasteiger partial charge is 0.234 e. The van der Waals surface area contributed by atoms with Crippen LogP contribution in [0.15, 0.2) is 12.1 Å². The van der Waals surface area contributed by atoms with Gasteiger partial charge in [0.1, 0.15) is 11.6 Å². The largest absolute Gasteiger partial charge is 0.296 e. The van der Waals surface area contributed by atoms with Gasteiger partial charge in [0.05, 0.1) is 5.92 Å². The van der Waals surface area contributed by atoms with Crippen molar-refractivity contribution in [1.29, 1.82) is 0 Å². The lowest BCUT2D eigenvalue weighted by atomic mass is 9.83. The van der Waals surface area contributed by atoms with E-state index in [1.54, 1.807) is 0 Å². The summed E-state index contributed by atoms with van der Waals surface area (Å²) in [5, 5.41) is 2.12. The summed E-state index contributed by atoms with van der Waals surface area (Å²) in [4.78, 5) is 22.8. The van der Waals surface area contributed by atoms with Crippen molar-refractivity contribution in [3.8, 4) is 0 Å². The fourth-order valence-electron chi connectivity index (χ4n) is 2.32. The Labute approximate surface area is 116 Å². The standard InChI is InChI=1S/C15H17F2NO2/c1-15(2,3)8-6-10(16)13(11(17)7-8)9-4-5-12(19)18-14(9)20/h6-7,9H,4-5H2,1-3H3,(H,18,19,20). The molecule has 0 radical (unpaired) electrons. The number of rotatable bonds is 1. The van der Waals surface area contributed by atoms with Crippen molar-refractivity contribution in [3.63, 3.8) is 0 Å². The van der Waals surface area contributed by atoms with Crippen molar-refractivity contribution in [2.45, 2.75) is 44.9 Å². The van der Waals surface area contributed by atoms with Gasteiger partial charge in [-0.25, -0.2) is 8.78 Å². The highest BCUT2D eigenvalue weighted by Crippen LogP contribution is 2.32. The monoisotopic (exact) mass is 281 g/mol. The summed E-state index contributed by atoms with van der Waals surface area (Å²) in [6.07, 6.45) is 0.226. The third kappa shape index (κ3) is 2.71. The van der Waals surface area contributed by atoms with E-state index in [1.165, 1.54) is 12.1 Å². The van der Waals surface area contributed by atoms with Crippen molar-refractivity contribution in [3.05, 3.63) is 34.9 Å². The molecule has 2 amide bonds. The maximum atomic E-state index is 14.2. The number of hydrogen-bond acceptors (Lipinski definition) is 2. The number of amides is 2. The first-order chi connectivity index (χ1) is 9.20. The molecule has 1 aliphatic heterocycles. The number of imide groups is 1. The Bertz CT molecular complexity index is 553. The van der Waals surface area contributed by atoms with Crippen molar-refractivity contribution in [2.24, 2.45) is 0 Å². The second-order valence-corrected chi connectivity index (χ2v) is 6.11. The SMILES string of the molecule is CC(C)(C)c1cc(F)c(C2CCC(=O)NC2=O)c(F)c1. The van der Waals surface area contributed by atoms with Gasteiger partial charge in [-0.2, -0.15) is 0 Å². The number of halogens is 2. The number of carbonyl (C=O) groups is 2. The summed E-state index contributed by atoms with van der Waals surface area (Å²) in [5.41, 5.74) is -0.100. The Hall–Kier alpha value is -1.78. The molecule has 0 aromatic heterocycles. The molecule has 1 saturated heterocycles. The van der Waals surface area contributed by atoms with Gasteiger partial charge in [0.2, 0.25) is 11.8 Å². The summed E-state index contributed by atoms with van der Waals surface area (Å²) < 4.78 is 28.4. The van der Waals surface area contributed by atoms with Crippen molar-refractivity contribution in [2.75, 3.05) is 0 Å². The molecule has 1 aromatic rings. The molecule has 2 rings (SSSR count). The highest BCUT2D eigenvalue weighted by Gasteiger charge is 2.33. The molecule has 5 heteroatoms. The molecule has 1 N–H and O–H groups in total. The minimum atomic E-state index is -0.943. The third-order valence-electron chi connectivity index (χ3n) is 3.53. The maximum absolute atomic E-state index is 14.2. The Morgan fingerprint density at radius 3 is 2.15 bits per heavy atom. The summed E-state index contributed by atoms with van der Waals surface area (Å²) in [5.74, 6) is -3.45. The van der Waals surface area contributed by atoms with Gasteiger partial charge in [-0.05, 0) is 29.5 Å². The van der Waals surface area contributed by atoms with Gasteiger partial charge in [-0.15, -0.1) is 0 Å². The third-order valence-corrected chi connectivity index (χ3v) is 3.53. The lowest BCUT2D eigenvalue weighted by Gasteiger charge is -2.24. The van der Waals surface area contributed by atoms with E-state index in [0.717, 1.165) is 0 Å². The number of hydrogen-bond donors (Lipinski definition) is 1. The molecule has 1 fully saturated rings. The average Bonchev–Trinajstić information content (AvgIpc) is 2.29. The molecule has 1 atom stereocenters. The minimum absolute atomic E-state index is 0.0936. The van der Waals surface area contributed by atoms with Gasteiger partial charge in [-0.1, -0.05) is 20.8 Å². The minimum Gasteiger partial charge on any atom is -0.296 e. The van der Waals surface area contributed by atoms with Crippen molar-refractivity contribution >= 4 is 11.8 Å². The van der Waals surface area contributed by atoms with Gasteiger partial charge < -0.3 is 0 Å². The van der Waals surface area contributed by atoms with Crippen LogP contribution in [0, 0.1) is 11.6 Å². The number of piperidine rings is 1. The van der Waals surface area contributed by atoms with E-state index >= 15 is 0 Å². The molecule has 0 bridgehead atoms. The molecule has 0 aliphatic carbocycles. The van der Waals surface area contributed by atoms with E-state index in [1.807, 2.05) is 20.8 Å². The van der Waals surface area contributed by atoms with E-state index < -0.39 is 29.4 Å². The Balaban J connectivity index is 2.43. The summed E-state index contributed by atoms with van der Waals surface area (Å²) >= 11 is 0. The molecule has 1 unspecified atom stereocenters. The van der Waals surface area contributed by atoms with E-state index in [-0.39, 0.29) is 23.8 Å². The maximum Gasteiger partial charge on any atom is 0.234 e. The topological polar surface area (TPSA) is 46.2 Å². The Morgan fingerprint density at radius 1 is 1.15 bits per heavy atom. The van der Waals surface area contributed by atoms with E-state index in [2.05, 4.69) is 5.32 Å². The molecule has 1 aliphatic rings. The summed E-state index contributed by atoms with van der Waals surface area (Å²) in [6, 6.07) is 2.53. The van der Waals surface area contributed by atoms with E-state index in [4.69, 9.17) is 0 Å². The number of carbonyl (C=O) groups excluding carboxylic acids is 2. The molecule has 20 heavy (non-hydrogen) atoms. The van der Waals surface area contributed by atoms with Crippen LogP contribution < -0.4 is 5.32 Å². The Kier molecular flexibility index (Phi) is 3.63. The Morgan fingerprint density at radius 2 is 1.70 bits per heavy atom. The van der Waals surface area contributed by atoms with Crippen LogP contribution in [0.25, 0.3) is 0 Å². The molecule has 0 saturated carbocycles. The highest BCUT2D eigenvalue weighted by atomic mass is 19.1. The molecular formula is C15H17F2NO2. The van der Waals surface area contributed by atoms with Crippen LogP contribution in [0.4, 0.5) is 8.78 Å². The van der Waals surface area contributed by atoms with Gasteiger partial charge in [0.15, 0.2) is 0 Å². The van der Waals surface area contributed by atoms with Gasteiger partial charge in [-0.3, -0.25) is 14.9 Å². The van der Waals surface area contributed by atoms with Gasteiger partial charge in [0.25, 0.3) is 0 Å². The van der Waals surface area contributed by atoms with E-state index in [0.29, 0.717) is 5.56 Å². The molecule has 108 valence electrons. The van der Waals surface area contributed by atoms with Crippen LogP contribution in [0.1, 0.15) is 50.7 Å². The lowest BCUT2D eigenvalue weighted by molar-refractivity contribution is -0.134. The van der Waals surface area contributed by atoms with Crippen LogP contribution in [0.2, 0.25) is 0 Å². The zero-order valence-corrected chi connectivity index (χ0v) is 11.7. The number of nitrogens with one attached hydrogen (secondary N) is 1. The molecule has 1 aromatic carbocycles. The zero-order valence-electron chi connectivity index (χ0n) is 11.7. The van der Waals surface area contributed by atoms with Crippen LogP contribution in [-0.4, -0.2) is 11.8 Å². The molecule has 1 heterocycles. The molecule has 0 spiro atoms. The normalized spacial score (nSPS) is 19.9. The van der Waals surface area contributed by atoms with Crippen molar-refractivity contribution < 1.29 is 18.4 Å². The number of benzene rings is 1. The first-order valence-corrected chi connectivity index (χ1v) is 6.53. The van der Waals surface area contributed by atoms with E-state index in [9.17, 15) is 18.4 Å². The second-order valence-electron chi connectivity index (χ2n) is 6.11. The van der Waals surface area contributed by atoms with Crippen LogP contribution >= 0.6 is 0 Å². The molecular weight excluding hydrogens is 264 g/mol. The summed E-state index contributed by atoms with van der Waals surface area (Å²) in [7, 11) is 0. The second kappa shape index (κ2) is 4.96. The average molecular weight is 281 g/mol. The lowest BCUT2D eigenvalue weighted by Crippen LogP contribution is -2.40. The molecule has 3 nitrogen and oxygen atoms in total. The predicted molar refractivity (Wildman–Crippen MR) is 70.2 cm³/mol. The quantitative estimate of drug-likeness (QED) is 0.805. The summed E-state index contributed by atoms with van der Waals surface area (Å²) in [6.45, 7) is 5.56. The van der Waals surface area contributed by atoms with Crippen LogP contribution in [-0.2, 0) is 15.0 Å². The predicted octanol–water partition coefficient (Wildman–Crippen LogP) is 2.78. The fraction of sp³-hybridized carbons (Fsp3) is 0.467. The van der Waals surface area contributed by atoms with Gasteiger partial charge in [0, 0.05) is 12.0 Å². The highest BCUT2D eigenvalue weighted by molar-refractivity contribution is 6.00. The zero-order chi connectivity index (χ0) is 15.1. The van der Waals surface area contributed by atoms with Crippen LogP contribution in [0.3, 0.4) is 0 Å². The first kappa shape index (κ1) is 14.6. The van der Waals surface area contributed by atoms with Crippen LogP contribution in [0.5, 0.6) is 0 Å². The van der Waals surface area contributed by atoms with Crippen molar-refractivity contribution in [1.82, 2.24) is 5.32 Å². The fourth-order valence-corrected chi connectivity index (χ4v) is 2.32. The van der Waals surface area contributed by atoms with Gasteiger partial charge >= 0.3 is 0 Å². The first-order valence-electron chi connectivity index (χ1n) is 6.53.